The number of halogens is 2. The molecule has 7 heteroatoms. The van der Waals surface area contributed by atoms with Crippen LogP contribution in [0.4, 0.5) is 10.2 Å². The fraction of sp³-hybridized carbons (Fsp3) is 0.231. The van der Waals surface area contributed by atoms with E-state index in [1.165, 1.54) is 12.1 Å². The van der Waals surface area contributed by atoms with Crippen molar-refractivity contribution in [3.05, 3.63) is 40.8 Å². The number of ether oxygens (including phenoxy) is 1. The largest absolute Gasteiger partial charge is 0.482 e. The van der Waals surface area contributed by atoms with Gasteiger partial charge in [-0.15, -0.1) is 0 Å². The van der Waals surface area contributed by atoms with Gasteiger partial charge in [0, 0.05) is 13.1 Å². The Labute approximate surface area is 120 Å². The lowest BCUT2D eigenvalue weighted by Crippen LogP contribution is -2.21. The molecule has 0 bridgehead atoms. The Hall–Kier alpha value is -2.08. The van der Waals surface area contributed by atoms with E-state index in [9.17, 15) is 9.18 Å². The van der Waals surface area contributed by atoms with Crippen molar-refractivity contribution in [1.82, 2.24) is 9.78 Å². The van der Waals surface area contributed by atoms with Crippen molar-refractivity contribution >= 4 is 23.3 Å². The quantitative estimate of drug-likeness (QED) is 0.943. The molecule has 2 rings (SSSR count). The third-order valence-electron chi connectivity index (χ3n) is 2.52. The number of hydrogen-bond acceptors (Lipinski definition) is 3. The van der Waals surface area contributed by atoms with E-state index in [1.54, 1.807) is 17.8 Å². The SMILES string of the molecule is Cc1cc(NC(=O)COc2ccc(F)cc2Cl)n(C)n1. The molecule has 0 spiro atoms. The minimum absolute atomic E-state index is 0.120. The summed E-state index contributed by atoms with van der Waals surface area (Å²) in [6.07, 6.45) is 0. The normalized spacial score (nSPS) is 10.4. The zero-order valence-electron chi connectivity index (χ0n) is 11.0. The van der Waals surface area contributed by atoms with Crippen molar-refractivity contribution < 1.29 is 13.9 Å². The number of aromatic nitrogens is 2. The van der Waals surface area contributed by atoms with Crippen LogP contribution in [0.1, 0.15) is 5.69 Å². The average Bonchev–Trinajstić information content (AvgIpc) is 2.66. The van der Waals surface area contributed by atoms with E-state index in [1.807, 2.05) is 6.92 Å². The maximum Gasteiger partial charge on any atom is 0.263 e. The van der Waals surface area contributed by atoms with Gasteiger partial charge in [0.2, 0.25) is 0 Å². The second-order valence-corrected chi connectivity index (χ2v) is 4.61. The van der Waals surface area contributed by atoms with Crippen molar-refractivity contribution in [2.75, 3.05) is 11.9 Å². The molecule has 0 aliphatic heterocycles. The summed E-state index contributed by atoms with van der Waals surface area (Å²) < 4.78 is 19.6. The first-order valence-corrected chi connectivity index (χ1v) is 6.22. The van der Waals surface area contributed by atoms with Crippen LogP contribution in [0.5, 0.6) is 5.75 Å². The Morgan fingerprint density at radius 2 is 2.25 bits per heavy atom. The molecule has 1 aromatic heterocycles. The van der Waals surface area contributed by atoms with Crippen LogP contribution in [0.25, 0.3) is 0 Å². The molecule has 5 nitrogen and oxygen atoms in total. The smallest absolute Gasteiger partial charge is 0.263 e. The highest BCUT2D eigenvalue weighted by atomic mass is 35.5. The number of rotatable bonds is 4. The summed E-state index contributed by atoms with van der Waals surface area (Å²) in [5.74, 6) is 0.0104. The lowest BCUT2D eigenvalue weighted by molar-refractivity contribution is -0.118. The number of nitrogens with one attached hydrogen (secondary N) is 1. The Balaban J connectivity index is 1.94. The molecule has 1 heterocycles. The van der Waals surface area contributed by atoms with E-state index in [0.29, 0.717) is 5.82 Å². The first-order valence-electron chi connectivity index (χ1n) is 5.84. The van der Waals surface area contributed by atoms with E-state index in [0.717, 1.165) is 11.8 Å². The summed E-state index contributed by atoms with van der Waals surface area (Å²) in [5, 5.41) is 6.88. The van der Waals surface area contributed by atoms with E-state index >= 15 is 0 Å². The van der Waals surface area contributed by atoms with Crippen molar-refractivity contribution in [2.45, 2.75) is 6.92 Å². The number of benzene rings is 1. The third kappa shape index (κ3) is 3.48. The minimum atomic E-state index is -0.461. The van der Waals surface area contributed by atoms with E-state index in [-0.39, 0.29) is 23.3 Å². The van der Waals surface area contributed by atoms with E-state index in [2.05, 4.69) is 10.4 Å². The van der Waals surface area contributed by atoms with Gasteiger partial charge in [0.25, 0.3) is 5.91 Å². The first kappa shape index (κ1) is 14.3. The molecular weight excluding hydrogens is 285 g/mol. The number of amides is 1. The van der Waals surface area contributed by atoms with Gasteiger partial charge in [-0.2, -0.15) is 5.10 Å². The second-order valence-electron chi connectivity index (χ2n) is 4.21. The van der Waals surface area contributed by atoms with Crippen LogP contribution in [0, 0.1) is 12.7 Å². The van der Waals surface area contributed by atoms with Gasteiger partial charge < -0.3 is 10.1 Å². The number of anilines is 1. The molecule has 0 fully saturated rings. The molecule has 0 radical (unpaired) electrons. The lowest BCUT2D eigenvalue weighted by atomic mass is 10.3. The first-order chi connectivity index (χ1) is 9.45. The van der Waals surface area contributed by atoms with Crippen LogP contribution in [0.3, 0.4) is 0 Å². The summed E-state index contributed by atoms with van der Waals surface area (Å²) in [7, 11) is 1.72. The zero-order valence-corrected chi connectivity index (χ0v) is 11.7. The van der Waals surface area contributed by atoms with Gasteiger partial charge >= 0.3 is 0 Å². The molecule has 106 valence electrons. The number of carbonyl (C=O) groups is 1. The predicted octanol–water partition coefficient (Wildman–Crippen LogP) is 2.54. The Morgan fingerprint density at radius 3 is 2.85 bits per heavy atom. The van der Waals surface area contributed by atoms with Crippen molar-refractivity contribution in [1.29, 1.82) is 0 Å². The number of aryl methyl sites for hydroxylation is 2. The van der Waals surface area contributed by atoms with Crippen molar-refractivity contribution in [3.8, 4) is 5.75 Å². The standard InChI is InChI=1S/C13H13ClFN3O2/c1-8-5-12(18(2)17-8)16-13(19)7-20-11-4-3-9(15)6-10(11)14/h3-6H,7H2,1-2H3,(H,16,19). The van der Waals surface area contributed by atoms with Gasteiger partial charge in [0.05, 0.1) is 10.7 Å². The number of hydrogen-bond donors (Lipinski definition) is 1. The molecule has 0 aliphatic carbocycles. The van der Waals surface area contributed by atoms with Gasteiger partial charge in [0.15, 0.2) is 6.61 Å². The minimum Gasteiger partial charge on any atom is -0.482 e. The van der Waals surface area contributed by atoms with Crippen LogP contribution in [-0.4, -0.2) is 22.3 Å². The molecule has 0 aliphatic rings. The Bertz CT molecular complexity index is 643. The molecule has 1 amide bonds. The Kier molecular flexibility index (Phi) is 4.24. The molecule has 0 saturated heterocycles. The summed E-state index contributed by atoms with van der Waals surface area (Å²) in [4.78, 5) is 11.7. The molecule has 1 aromatic carbocycles. The molecule has 0 saturated carbocycles. The molecular formula is C13H13ClFN3O2. The molecule has 0 atom stereocenters. The molecule has 1 N–H and O–H groups in total. The van der Waals surface area contributed by atoms with Crippen molar-refractivity contribution in [3.63, 3.8) is 0 Å². The van der Waals surface area contributed by atoms with Crippen LogP contribution in [-0.2, 0) is 11.8 Å². The Morgan fingerprint density at radius 1 is 1.50 bits per heavy atom. The van der Waals surface area contributed by atoms with Crippen molar-refractivity contribution in [2.24, 2.45) is 7.05 Å². The van der Waals surface area contributed by atoms with Crippen LogP contribution in [0.15, 0.2) is 24.3 Å². The zero-order chi connectivity index (χ0) is 14.7. The monoisotopic (exact) mass is 297 g/mol. The maximum atomic E-state index is 12.9. The number of nitrogens with zero attached hydrogens (tertiary/aromatic N) is 2. The lowest BCUT2D eigenvalue weighted by Gasteiger charge is -2.08. The highest BCUT2D eigenvalue weighted by Crippen LogP contribution is 2.24. The average molecular weight is 298 g/mol. The van der Waals surface area contributed by atoms with E-state index < -0.39 is 5.82 Å². The fourth-order valence-electron chi connectivity index (χ4n) is 1.64. The van der Waals surface area contributed by atoms with Crippen LogP contribution >= 0.6 is 11.6 Å². The summed E-state index contributed by atoms with van der Waals surface area (Å²) >= 11 is 5.79. The summed E-state index contributed by atoms with van der Waals surface area (Å²) in [6.45, 7) is 1.60. The third-order valence-corrected chi connectivity index (χ3v) is 2.82. The van der Waals surface area contributed by atoms with Gasteiger partial charge in [-0.1, -0.05) is 11.6 Å². The summed E-state index contributed by atoms with van der Waals surface area (Å²) in [5.41, 5.74) is 0.797. The van der Waals surface area contributed by atoms with Gasteiger partial charge in [-0.25, -0.2) is 4.39 Å². The maximum absolute atomic E-state index is 12.9. The molecule has 0 unspecified atom stereocenters. The van der Waals surface area contributed by atoms with Gasteiger partial charge in [-0.05, 0) is 25.1 Å². The second kappa shape index (κ2) is 5.92. The van der Waals surface area contributed by atoms with Gasteiger partial charge in [0.1, 0.15) is 17.4 Å². The summed E-state index contributed by atoms with van der Waals surface area (Å²) in [6, 6.07) is 5.45. The van der Waals surface area contributed by atoms with Crippen LogP contribution < -0.4 is 10.1 Å². The highest BCUT2D eigenvalue weighted by molar-refractivity contribution is 6.32. The fourth-order valence-corrected chi connectivity index (χ4v) is 1.86. The molecule has 20 heavy (non-hydrogen) atoms. The van der Waals surface area contributed by atoms with E-state index in [4.69, 9.17) is 16.3 Å². The van der Waals surface area contributed by atoms with Gasteiger partial charge in [-0.3, -0.25) is 9.48 Å². The predicted molar refractivity (Wildman–Crippen MR) is 73.5 cm³/mol. The number of carbonyl (C=O) groups excluding carboxylic acids is 1. The topological polar surface area (TPSA) is 56.1 Å². The van der Waals surface area contributed by atoms with Crippen LogP contribution in [0.2, 0.25) is 5.02 Å². The molecule has 2 aromatic rings. The highest BCUT2D eigenvalue weighted by Gasteiger charge is 2.09.